The molecule has 0 atom stereocenters. The minimum absolute atomic E-state index is 0.220. The Morgan fingerprint density at radius 3 is 2.07 bits per heavy atom. The van der Waals surface area contributed by atoms with Crippen LogP contribution >= 0.6 is 0 Å². The Morgan fingerprint density at radius 2 is 1.55 bits per heavy atom. The summed E-state index contributed by atoms with van der Waals surface area (Å²) in [5.41, 5.74) is -0.193. The molecule has 29 heavy (non-hydrogen) atoms. The van der Waals surface area contributed by atoms with Gasteiger partial charge in [-0.15, -0.1) is 0 Å². The van der Waals surface area contributed by atoms with Crippen LogP contribution in [0.3, 0.4) is 0 Å². The number of hydrogen-bond donors (Lipinski definition) is 1. The molecule has 2 aromatic carbocycles. The number of amides is 1. The zero-order valence-corrected chi connectivity index (χ0v) is 16.2. The fourth-order valence-electron chi connectivity index (χ4n) is 3.07. The third-order valence-electron chi connectivity index (χ3n) is 4.38. The highest BCUT2D eigenvalue weighted by molar-refractivity contribution is 5.88. The molecule has 0 aliphatic rings. The van der Waals surface area contributed by atoms with E-state index in [1.165, 1.54) is 6.26 Å². The molecule has 0 aliphatic heterocycles. The highest BCUT2D eigenvalue weighted by Crippen LogP contribution is 2.35. The van der Waals surface area contributed by atoms with Crippen molar-refractivity contribution in [2.75, 3.05) is 13.2 Å². The van der Waals surface area contributed by atoms with Crippen LogP contribution in [0, 0.1) is 0 Å². The van der Waals surface area contributed by atoms with Crippen LogP contribution in [0.15, 0.2) is 83.5 Å². The van der Waals surface area contributed by atoms with Crippen molar-refractivity contribution in [2.24, 2.45) is 0 Å². The monoisotopic (exact) mass is 393 g/mol. The molecule has 1 amide bonds. The number of carbonyl (C=O) groups excluding carboxylic acids is 2. The third kappa shape index (κ3) is 4.73. The van der Waals surface area contributed by atoms with Crippen LogP contribution in [-0.4, -0.2) is 25.1 Å². The van der Waals surface area contributed by atoms with Gasteiger partial charge in [0.2, 0.25) is 5.60 Å². The van der Waals surface area contributed by atoms with E-state index < -0.39 is 24.1 Å². The Labute approximate surface area is 169 Å². The lowest BCUT2D eigenvalue weighted by atomic mass is 9.86. The summed E-state index contributed by atoms with van der Waals surface area (Å²) in [6.07, 6.45) is 1.53. The molecule has 0 aliphatic carbocycles. The predicted octanol–water partition coefficient (Wildman–Crippen LogP) is 3.42. The number of benzene rings is 2. The van der Waals surface area contributed by atoms with Gasteiger partial charge in [-0.05, 0) is 30.2 Å². The highest BCUT2D eigenvalue weighted by Gasteiger charge is 2.45. The zero-order chi connectivity index (χ0) is 20.5. The fourth-order valence-corrected chi connectivity index (χ4v) is 3.07. The topological polar surface area (TPSA) is 77.8 Å². The van der Waals surface area contributed by atoms with E-state index >= 15 is 0 Å². The molecule has 0 spiro atoms. The van der Waals surface area contributed by atoms with Crippen molar-refractivity contribution in [1.82, 2.24) is 5.32 Å². The van der Waals surface area contributed by atoms with Gasteiger partial charge in [0.25, 0.3) is 5.91 Å². The molecule has 1 aromatic heterocycles. The second-order valence-electron chi connectivity index (χ2n) is 6.28. The van der Waals surface area contributed by atoms with Crippen LogP contribution in [0.4, 0.5) is 0 Å². The maximum Gasteiger partial charge on any atom is 0.348 e. The first-order valence-corrected chi connectivity index (χ1v) is 9.38. The van der Waals surface area contributed by atoms with Gasteiger partial charge in [-0.2, -0.15) is 0 Å². The van der Waals surface area contributed by atoms with Crippen molar-refractivity contribution >= 4 is 11.9 Å². The zero-order valence-electron chi connectivity index (χ0n) is 16.2. The Bertz CT molecular complexity index is 867. The Kier molecular flexibility index (Phi) is 6.81. The van der Waals surface area contributed by atoms with E-state index in [0.717, 1.165) is 0 Å². The van der Waals surface area contributed by atoms with E-state index in [9.17, 15) is 9.59 Å². The molecular formula is C23H23NO5. The third-order valence-corrected chi connectivity index (χ3v) is 4.38. The number of nitrogens with one attached hydrogen (secondary N) is 1. The molecule has 150 valence electrons. The quantitative estimate of drug-likeness (QED) is 0.564. The van der Waals surface area contributed by atoms with Crippen LogP contribution in [0.1, 0.15) is 23.8 Å². The lowest BCUT2D eigenvalue weighted by molar-refractivity contribution is -0.170. The predicted molar refractivity (Wildman–Crippen MR) is 107 cm³/mol. The molecule has 0 unspecified atom stereocenters. The molecule has 0 saturated carbocycles. The molecule has 0 bridgehead atoms. The lowest BCUT2D eigenvalue weighted by Crippen LogP contribution is -2.43. The largest absolute Gasteiger partial charge is 0.467 e. The number of esters is 1. The summed E-state index contributed by atoms with van der Waals surface area (Å²) in [6.45, 7) is 1.89. The molecule has 0 saturated heterocycles. The molecule has 3 aromatic rings. The molecule has 3 rings (SSSR count). The molecule has 6 heteroatoms. The van der Waals surface area contributed by atoms with Crippen molar-refractivity contribution in [1.29, 1.82) is 0 Å². The molecular weight excluding hydrogens is 370 g/mol. The van der Waals surface area contributed by atoms with E-state index in [1.807, 2.05) is 43.3 Å². The van der Waals surface area contributed by atoms with Gasteiger partial charge in [0.1, 0.15) is 5.76 Å². The van der Waals surface area contributed by atoms with Crippen LogP contribution in [0.25, 0.3) is 0 Å². The van der Waals surface area contributed by atoms with E-state index in [1.54, 1.807) is 36.4 Å². The fraction of sp³-hybridized carbons (Fsp3) is 0.217. The van der Waals surface area contributed by atoms with Crippen molar-refractivity contribution in [3.8, 4) is 0 Å². The van der Waals surface area contributed by atoms with Gasteiger partial charge < -0.3 is 19.2 Å². The standard InChI is InChI=1S/C23H23NO5/c1-2-29-23(18-10-5-3-6-11-18,19-12-7-4-8-13-19)22(26)28-17-21(25)24-16-20-14-9-15-27-20/h3-15H,2,16-17H2,1H3,(H,24,25). The SMILES string of the molecule is CCOC(C(=O)OCC(=O)NCc1ccco1)(c1ccccc1)c1ccccc1. The minimum Gasteiger partial charge on any atom is -0.467 e. The number of furan rings is 1. The second-order valence-corrected chi connectivity index (χ2v) is 6.28. The average molecular weight is 393 g/mol. The van der Waals surface area contributed by atoms with Crippen LogP contribution in [-0.2, 0) is 31.2 Å². The number of hydrogen-bond acceptors (Lipinski definition) is 5. The summed E-state index contributed by atoms with van der Waals surface area (Å²) in [6, 6.07) is 21.7. The number of rotatable bonds is 9. The van der Waals surface area contributed by atoms with Crippen molar-refractivity contribution in [3.05, 3.63) is 95.9 Å². The van der Waals surface area contributed by atoms with Gasteiger partial charge in [-0.25, -0.2) is 4.79 Å². The van der Waals surface area contributed by atoms with Crippen LogP contribution < -0.4 is 5.32 Å². The Balaban J connectivity index is 1.80. The Hall–Kier alpha value is -3.38. The van der Waals surface area contributed by atoms with E-state index in [0.29, 0.717) is 16.9 Å². The van der Waals surface area contributed by atoms with Gasteiger partial charge >= 0.3 is 5.97 Å². The van der Waals surface area contributed by atoms with Gasteiger partial charge in [0, 0.05) is 6.61 Å². The molecule has 1 N–H and O–H groups in total. The van der Waals surface area contributed by atoms with Crippen molar-refractivity contribution in [2.45, 2.75) is 19.1 Å². The maximum atomic E-state index is 13.2. The van der Waals surface area contributed by atoms with Gasteiger partial charge in [0.05, 0.1) is 12.8 Å². The summed E-state index contributed by atoms with van der Waals surface area (Å²) in [4.78, 5) is 25.4. The highest BCUT2D eigenvalue weighted by atomic mass is 16.6. The second kappa shape index (κ2) is 9.71. The first-order valence-electron chi connectivity index (χ1n) is 9.38. The summed E-state index contributed by atoms with van der Waals surface area (Å²) >= 11 is 0. The molecule has 0 fully saturated rings. The van der Waals surface area contributed by atoms with E-state index in [4.69, 9.17) is 13.9 Å². The Morgan fingerprint density at radius 1 is 0.931 bits per heavy atom. The van der Waals surface area contributed by atoms with Crippen LogP contribution in [0.2, 0.25) is 0 Å². The van der Waals surface area contributed by atoms with Crippen molar-refractivity contribution in [3.63, 3.8) is 0 Å². The smallest absolute Gasteiger partial charge is 0.348 e. The first kappa shape index (κ1) is 20.4. The number of carbonyl (C=O) groups is 2. The van der Waals surface area contributed by atoms with Crippen LogP contribution in [0.5, 0.6) is 0 Å². The van der Waals surface area contributed by atoms with E-state index in [-0.39, 0.29) is 13.2 Å². The maximum absolute atomic E-state index is 13.2. The van der Waals surface area contributed by atoms with Gasteiger partial charge in [0.15, 0.2) is 6.61 Å². The summed E-state index contributed by atoms with van der Waals surface area (Å²) in [5, 5.41) is 2.65. The van der Waals surface area contributed by atoms with Gasteiger partial charge in [-0.3, -0.25) is 4.79 Å². The normalized spacial score (nSPS) is 11.1. The van der Waals surface area contributed by atoms with Gasteiger partial charge in [-0.1, -0.05) is 60.7 Å². The first-order chi connectivity index (χ1) is 14.2. The number of ether oxygens (including phenoxy) is 2. The minimum atomic E-state index is -1.46. The summed E-state index contributed by atoms with van der Waals surface area (Å²) in [7, 11) is 0. The van der Waals surface area contributed by atoms with E-state index in [2.05, 4.69) is 5.32 Å². The summed E-state index contributed by atoms with van der Waals surface area (Å²) < 4.78 is 16.6. The summed E-state index contributed by atoms with van der Waals surface area (Å²) in [5.74, 6) is -0.465. The van der Waals surface area contributed by atoms with Crippen molar-refractivity contribution < 1.29 is 23.5 Å². The molecule has 0 radical (unpaired) electrons. The average Bonchev–Trinajstić information content (AvgIpc) is 3.29. The molecule has 1 heterocycles. The lowest BCUT2D eigenvalue weighted by Gasteiger charge is -2.32. The molecule has 6 nitrogen and oxygen atoms in total.